The molecule has 0 bridgehead atoms. The maximum Gasteiger partial charge on any atom is 0.153 e. The Labute approximate surface area is 184 Å². The summed E-state index contributed by atoms with van der Waals surface area (Å²) in [6.07, 6.45) is 3.74. The molecule has 8 heteroatoms. The Balaban J connectivity index is 1.34. The minimum Gasteiger partial charge on any atom is -0.244 e. The van der Waals surface area contributed by atoms with Crippen LogP contribution in [0.2, 0.25) is 0 Å². The molecule has 2 aromatic heterocycles. The second-order valence-electron chi connectivity index (χ2n) is 8.78. The van der Waals surface area contributed by atoms with Crippen LogP contribution < -0.4 is 0 Å². The molecule has 2 fully saturated rings. The van der Waals surface area contributed by atoms with E-state index in [-0.39, 0.29) is 11.2 Å². The third kappa shape index (κ3) is 2.85. The molecule has 0 spiro atoms. The van der Waals surface area contributed by atoms with Gasteiger partial charge in [-0.3, -0.25) is 0 Å². The van der Waals surface area contributed by atoms with E-state index in [2.05, 4.69) is 45.6 Å². The molecule has 158 valence electrons. The zero-order chi connectivity index (χ0) is 21.3. The van der Waals surface area contributed by atoms with Crippen molar-refractivity contribution < 1.29 is 4.39 Å². The summed E-state index contributed by atoms with van der Waals surface area (Å²) in [7, 11) is 1.85. The van der Waals surface area contributed by atoms with E-state index < -0.39 is 0 Å². The van der Waals surface area contributed by atoms with Crippen molar-refractivity contribution in [2.75, 3.05) is 13.1 Å². The number of hydrogen-bond acceptors (Lipinski definition) is 5. The number of nitrogens with zero attached hydrogens (tertiary/aromatic N) is 6. The first kappa shape index (κ1) is 19.0. The molecule has 3 heterocycles. The first-order valence-electron chi connectivity index (χ1n) is 10.5. The predicted molar refractivity (Wildman–Crippen MR) is 119 cm³/mol. The summed E-state index contributed by atoms with van der Waals surface area (Å²) in [6, 6.07) is 11.0. The van der Waals surface area contributed by atoms with E-state index in [1.807, 2.05) is 24.1 Å². The minimum absolute atomic E-state index is 0.186. The average molecular weight is 435 g/mol. The number of hydrogen-bond donors (Lipinski definition) is 0. The zero-order valence-electron chi connectivity index (χ0n) is 17.7. The summed E-state index contributed by atoms with van der Waals surface area (Å²) in [5.74, 6) is 1.08. The van der Waals surface area contributed by atoms with Crippen LogP contribution in [0.3, 0.4) is 0 Å². The SMILES string of the molecule is Cc1cc2c(cnn2-c2ccc(F)cc2)cc1C12CN(Sc3cnn(C)n3)CC1[C@H]2C. The van der Waals surface area contributed by atoms with Gasteiger partial charge in [0.15, 0.2) is 5.03 Å². The molecule has 31 heavy (non-hydrogen) atoms. The summed E-state index contributed by atoms with van der Waals surface area (Å²) in [6.45, 7) is 6.65. The van der Waals surface area contributed by atoms with Crippen molar-refractivity contribution in [3.8, 4) is 5.69 Å². The van der Waals surface area contributed by atoms with Crippen molar-refractivity contribution in [2.45, 2.75) is 24.3 Å². The smallest absolute Gasteiger partial charge is 0.153 e. The number of fused-ring (bicyclic) bond motifs is 2. The van der Waals surface area contributed by atoms with E-state index in [0.29, 0.717) is 11.8 Å². The van der Waals surface area contributed by atoms with Crippen molar-refractivity contribution in [1.82, 2.24) is 29.1 Å². The van der Waals surface area contributed by atoms with E-state index in [4.69, 9.17) is 0 Å². The van der Waals surface area contributed by atoms with Gasteiger partial charge in [0.1, 0.15) is 5.82 Å². The van der Waals surface area contributed by atoms with Crippen LogP contribution in [0.1, 0.15) is 18.1 Å². The van der Waals surface area contributed by atoms with Crippen molar-refractivity contribution in [3.05, 3.63) is 65.7 Å². The maximum atomic E-state index is 13.3. The Morgan fingerprint density at radius 1 is 1.13 bits per heavy atom. The first-order chi connectivity index (χ1) is 15.0. The number of aryl methyl sites for hydroxylation is 2. The molecule has 2 aliphatic rings. The van der Waals surface area contributed by atoms with Gasteiger partial charge in [-0.05, 0) is 78.2 Å². The lowest BCUT2D eigenvalue weighted by Gasteiger charge is -2.22. The molecular weight excluding hydrogens is 411 g/mol. The van der Waals surface area contributed by atoms with Crippen molar-refractivity contribution in [3.63, 3.8) is 0 Å². The van der Waals surface area contributed by atoms with Crippen molar-refractivity contribution in [2.24, 2.45) is 18.9 Å². The first-order valence-corrected chi connectivity index (χ1v) is 11.3. The number of piperidine rings is 1. The third-order valence-electron chi connectivity index (χ3n) is 7.09. The summed E-state index contributed by atoms with van der Waals surface area (Å²) in [5, 5.41) is 15.3. The van der Waals surface area contributed by atoms with Gasteiger partial charge < -0.3 is 0 Å². The summed E-state index contributed by atoms with van der Waals surface area (Å²) in [4.78, 5) is 1.61. The largest absolute Gasteiger partial charge is 0.244 e. The second kappa shape index (κ2) is 6.64. The molecule has 6 rings (SSSR count). The van der Waals surface area contributed by atoms with E-state index >= 15 is 0 Å². The highest BCUT2D eigenvalue weighted by atomic mass is 32.2. The molecule has 0 N–H and O–H groups in total. The molecule has 0 amide bonds. The lowest BCUT2D eigenvalue weighted by molar-refractivity contribution is 0.453. The number of halogens is 1. The van der Waals surface area contributed by atoms with Crippen LogP contribution in [-0.2, 0) is 12.5 Å². The molecule has 0 radical (unpaired) electrons. The minimum atomic E-state index is -0.239. The quantitative estimate of drug-likeness (QED) is 0.452. The van der Waals surface area contributed by atoms with Gasteiger partial charge in [-0.1, -0.05) is 6.92 Å². The van der Waals surface area contributed by atoms with Crippen LogP contribution in [0.4, 0.5) is 4.39 Å². The van der Waals surface area contributed by atoms with Crippen LogP contribution in [0.15, 0.2) is 53.8 Å². The zero-order valence-corrected chi connectivity index (χ0v) is 18.5. The molecule has 3 atom stereocenters. The Kier molecular flexibility index (Phi) is 4.07. The van der Waals surface area contributed by atoms with Crippen LogP contribution in [0, 0.1) is 24.6 Å². The summed E-state index contributed by atoms with van der Waals surface area (Å²) >= 11 is 1.71. The third-order valence-corrected chi connectivity index (χ3v) is 8.01. The molecule has 6 nitrogen and oxygen atoms in total. The Morgan fingerprint density at radius 2 is 1.94 bits per heavy atom. The van der Waals surface area contributed by atoms with Gasteiger partial charge in [-0.25, -0.2) is 13.4 Å². The topological polar surface area (TPSA) is 51.8 Å². The predicted octanol–water partition coefficient (Wildman–Crippen LogP) is 4.13. The normalized spacial score (nSPS) is 25.3. The van der Waals surface area contributed by atoms with E-state index in [9.17, 15) is 4.39 Å². The van der Waals surface area contributed by atoms with Crippen LogP contribution in [0.25, 0.3) is 16.6 Å². The standard InChI is InChI=1S/C23H23FN6S/c1-14-8-21-16(10-26-30(21)18-6-4-17(24)5-7-18)9-19(14)23-13-29(12-20(23)15(23)2)31-22-11-25-28(3)27-22/h4-11,15,20H,12-13H2,1-3H3/t15-,20?,23?/m1/s1. The molecular formula is C23H23FN6S. The fourth-order valence-electron chi connectivity index (χ4n) is 5.45. The van der Waals surface area contributed by atoms with Gasteiger partial charge in [0.2, 0.25) is 0 Å². The Bertz CT molecular complexity index is 1300. The number of rotatable bonds is 4. The summed E-state index contributed by atoms with van der Waals surface area (Å²) in [5.41, 5.74) is 4.83. The van der Waals surface area contributed by atoms with E-state index in [1.54, 1.807) is 28.9 Å². The molecule has 1 saturated carbocycles. The van der Waals surface area contributed by atoms with Gasteiger partial charge in [-0.15, -0.1) is 5.10 Å². The van der Waals surface area contributed by atoms with Gasteiger partial charge in [0.25, 0.3) is 0 Å². The van der Waals surface area contributed by atoms with Crippen LogP contribution in [-0.4, -0.2) is 42.2 Å². The fraction of sp³-hybridized carbons (Fsp3) is 0.348. The second-order valence-corrected chi connectivity index (χ2v) is 9.90. The molecule has 2 aromatic carbocycles. The lowest BCUT2D eigenvalue weighted by Crippen LogP contribution is -2.24. The highest BCUT2D eigenvalue weighted by Gasteiger charge is 2.67. The van der Waals surface area contributed by atoms with Crippen molar-refractivity contribution >= 4 is 22.9 Å². The number of aromatic nitrogens is 5. The average Bonchev–Trinajstić information content (AvgIpc) is 3.22. The van der Waals surface area contributed by atoms with Gasteiger partial charge in [0, 0.05) is 30.9 Å². The van der Waals surface area contributed by atoms with Crippen LogP contribution >= 0.6 is 11.9 Å². The van der Waals surface area contributed by atoms with Gasteiger partial charge in [-0.2, -0.15) is 15.0 Å². The fourth-order valence-corrected chi connectivity index (χ4v) is 6.48. The van der Waals surface area contributed by atoms with Gasteiger partial charge >= 0.3 is 0 Å². The lowest BCUT2D eigenvalue weighted by atomic mass is 9.88. The maximum absolute atomic E-state index is 13.3. The molecule has 1 aliphatic heterocycles. The molecule has 1 aliphatic carbocycles. The summed E-state index contributed by atoms with van der Waals surface area (Å²) < 4.78 is 17.7. The number of benzene rings is 2. The highest BCUT2D eigenvalue weighted by molar-refractivity contribution is 7.97. The molecule has 2 unspecified atom stereocenters. The van der Waals surface area contributed by atoms with Gasteiger partial charge in [0.05, 0.1) is 23.6 Å². The molecule has 1 saturated heterocycles. The van der Waals surface area contributed by atoms with Crippen LogP contribution in [0.5, 0.6) is 0 Å². The van der Waals surface area contributed by atoms with E-state index in [1.165, 1.54) is 23.3 Å². The van der Waals surface area contributed by atoms with E-state index in [0.717, 1.165) is 34.7 Å². The Morgan fingerprint density at radius 3 is 2.68 bits per heavy atom. The molecule has 4 aromatic rings. The van der Waals surface area contributed by atoms with Crippen molar-refractivity contribution in [1.29, 1.82) is 0 Å². The monoisotopic (exact) mass is 434 g/mol. The highest BCUT2D eigenvalue weighted by Crippen LogP contribution is 2.65. The Hall–Kier alpha value is -2.71.